The lowest BCUT2D eigenvalue weighted by Gasteiger charge is -2.21. The van der Waals surface area contributed by atoms with Gasteiger partial charge in [-0.15, -0.1) is 0 Å². The molecule has 1 aromatic carbocycles. The van der Waals surface area contributed by atoms with Crippen LogP contribution in [-0.4, -0.2) is 28.6 Å². The van der Waals surface area contributed by atoms with Crippen molar-refractivity contribution < 1.29 is 18.0 Å². The highest BCUT2D eigenvalue weighted by molar-refractivity contribution is 6.12. The number of carbonyl (C=O) groups is 1. The number of urea groups is 1. The van der Waals surface area contributed by atoms with Gasteiger partial charge in [0.15, 0.2) is 0 Å². The first-order valence-corrected chi connectivity index (χ1v) is 8.65. The molecule has 148 valence electrons. The first-order valence-electron chi connectivity index (χ1n) is 8.65. The highest BCUT2D eigenvalue weighted by atomic mass is 19.4. The number of aromatic nitrogens is 2. The minimum atomic E-state index is -4.73. The van der Waals surface area contributed by atoms with Crippen LogP contribution in [0.3, 0.4) is 0 Å². The molecule has 0 unspecified atom stereocenters. The summed E-state index contributed by atoms with van der Waals surface area (Å²) in [6.45, 7) is -0.139. The predicted molar refractivity (Wildman–Crippen MR) is 100 cm³/mol. The van der Waals surface area contributed by atoms with Crippen LogP contribution in [0.1, 0.15) is 11.3 Å². The van der Waals surface area contributed by atoms with Crippen molar-refractivity contribution >= 4 is 28.2 Å². The number of fused-ring (bicyclic) bond motifs is 1. The van der Waals surface area contributed by atoms with Gasteiger partial charge < -0.3 is 0 Å². The highest BCUT2D eigenvalue weighted by Gasteiger charge is 2.42. The van der Waals surface area contributed by atoms with Gasteiger partial charge in [0.1, 0.15) is 17.8 Å². The van der Waals surface area contributed by atoms with E-state index in [1.165, 1.54) is 11.1 Å². The molecule has 2 amide bonds. The minimum Gasteiger partial charge on any atom is -0.288 e. The molecular formula is C20H11F3N6O. The number of hydrogen-bond acceptors (Lipinski definition) is 5. The second-order valence-corrected chi connectivity index (χ2v) is 6.48. The average molecular weight is 408 g/mol. The Morgan fingerprint density at radius 3 is 2.57 bits per heavy atom. The maximum absolute atomic E-state index is 13.2. The third-order valence-electron chi connectivity index (χ3n) is 4.74. The van der Waals surface area contributed by atoms with E-state index in [1.807, 2.05) is 6.07 Å². The van der Waals surface area contributed by atoms with Gasteiger partial charge in [-0.25, -0.2) is 9.78 Å². The molecule has 3 heterocycles. The molecule has 0 bridgehead atoms. The van der Waals surface area contributed by atoms with E-state index in [0.717, 1.165) is 16.5 Å². The fourth-order valence-corrected chi connectivity index (χ4v) is 3.37. The quantitative estimate of drug-likeness (QED) is 0.642. The molecule has 2 aromatic heterocycles. The Kier molecular flexibility index (Phi) is 4.47. The molecule has 0 aliphatic carbocycles. The van der Waals surface area contributed by atoms with Crippen LogP contribution in [0.15, 0.2) is 48.9 Å². The normalized spacial score (nSPS) is 16.6. The summed E-state index contributed by atoms with van der Waals surface area (Å²) in [5.74, 6) is 0. The Hall–Kier alpha value is -4.18. The Labute approximate surface area is 168 Å². The molecule has 1 aliphatic rings. The van der Waals surface area contributed by atoms with Gasteiger partial charge in [-0.2, -0.15) is 23.7 Å². The zero-order chi connectivity index (χ0) is 21.5. The summed E-state index contributed by atoms with van der Waals surface area (Å²) in [5.41, 5.74) is -1.29. The van der Waals surface area contributed by atoms with Gasteiger partial charge in [0.2, 0.25) is 0 Å². The number of hydrogen-bond donors (Lipinski definition) is 0. The van der Waals surface area contributed by atoms with Gasteiger partial charge in [0, 0.05) is 17.0 Å². The molecule has 1 saturated heterocycles. The summed E-state index contributed by atoms with van der Waals surface area (Å²) in [6, 6.07) is 9.87. The number of rotatable bonds is 2. The van der Waals surface area contributed by atoms with Crippen molar-refractivity contribution in [2.24, 2.45) is 0 Å². The van der Waals surface area contributed by atoms with E-state index in [1.54, 1.807) is 36.5 Å². The molecule has 0 radical (unpaired) electrons. The van der Waals surface area contributed by atoms with Crippen molar-refractivity contribution in [1.29, 1.82) is 10.5 Å². The fraction of sp³-hybridized carbons (Fsp3) is 0.150. The van der Waals surface area contributed by atoms with Crippen LogP contribution >= 0.6 is 0 Å². The summed E-state index contributed by atoms with van der Waals surface area (Å²) in [5, 5.41) is 20.4. The SMILES string of the molecule is N#Cc1cc(C(F)(F)F)ncc1N1C[C@@H](C#N)N(c2cncc3ccccc23)C1=O. The third-order valence-corrected chi connectivity index (χ3v) is 4.74. The standard InChI is InChI=1S/C20H11F3N6O/c21-20(22,23)18-5-13(6-24)16(10-27-18)28-11-14(7-25)29(19(28)30)17-9-26-8-12-3-1-2-4-15(12)17/h1-5,8-10,14H,11H2/t14-/m1/s1. The molecule has 1 aliphatic heterocycles. The molecular weight excluding hydrogens is 397 g/mol. The second-order valence-electron chi connectivity index (χ2n) is 6.48. The number of halogens is 3. The smallest absolute Gasteiger partial charge is 0.288 e. The summed E-state index contributed by atoms with van der Waals surface area (Å²) in [6.07, 6.45) is -0.829. The van der Waals surface area contributed by atoms with Gasteiger partial charge in [-0.1, -0.05) is 24.3 Å². The number of anilines is 2. The van der Waals surface area contributed by atoms with Crippen LogP contribution in [0.4, 0.5) is 29.3 Å². The van der Waals surface area contributed by atoms with Crippen LogP contribution < -0.4 is 9.80 Å². The van der Waals surface area contributed by atoms with E-state index in [4.69, 9.17) is 0 Å². The van der Waals surface area contributed by atoms with E-state index < -0.39 is 23.9 Å². The van der Waals surface area contributed by atoms with Crippen molar-refractivity contribution in [1.82, 2.24) is 9.97 Å². The first-order chi connectivity index (χ1) is 14.3. The monoisotopic (exact) mass is 408 g/mol. The van der Waals surface area contributed by atoms with Crippen LogP contribution in [0.2, 0.25) is 0 Å². The molecule has 4 rings (SSSR count). The Morgan fingerprint density at radius 1 is 1.10 bits per heavy atom. The van der Waals surface area contributed by atoms with Crippen LogP contribution in [0.5, 0.6) is 0 Å². The number of amides is 2. The van der Waals surface area contributed by atoms with Gasteiger partial charge >= 0.3 is 12.2 Å². The zero-order valence-corrected chi connectivity index (χ0v) is 15.1. The molecule has 10 heteroatoms. The Bertz CT molecular complexity index is 1240. The number of nitriles is 2. The number of nitrogens with zero attached hydrogens (tertiary/aromatic N) is 6. The first kappa shape index (κ1) is 19.2. The van der Waals surface area contributed by atoms with Gasteiger partial charge in [-0.3, -0.25) is 14.8 Å². The average Bonchev–Trinajstić information content (AvgIpc) is 3.08. The Morgan fingerprint density at radius 2 is 1.87 bits per heavy atom. The molecule has 7 nitrogen and oxygen atoms in total. The molecule has 1 fully saturated rings. The van der Waals surface area contributed by atoms with Crippen LogP contribution in [0.25, 0.3) is 10.8 Å². The molecule has 30 heavy (non-hydrogen) atoms. The topological polar surface area (TPSA) is 96.9 Å². The van der Waals surface area contributed by atoms with E-state index in [-0.39, 0.29) is 17.8 Å². The van der Waals surface area contributed by atoms with E-state index in [2.05, 4.69) is 9.97 Å². The van der Waals surface area contributed by atoms with Crippen LogP contribution in [-0.2, 0) is 6.18 Å². The minimum absolute atomic E-state index is 0.0913. The summed E-state index contributed by atoms with van der Waals surface area (Å²) < 4.78 is 38.8. The second kappa shape index (κ2) is 7.01. The maximum Gasteiger partial charge on any atom is 0.433 e. The van der Waals surface area contributed by atoms with Crippen LogP contribution in [0, 0.1) is 22.7 Å². The van der Waals surface area contributed by atoms with Crippen molar-refractivity contribution in [3.8, 4) is 12.1 Å². The molecule has 0 saturated carbocycles. The van der Waals surface area contributed by atoms with Crippen molar-refractivity contribution in [3.05, 3.63) is 60.2 Å². The Balaban J connectivity index is 1.80. The van der Waals surface area contributed by atoms with Crippen molar-refractivity contribution in [2.45, 2.75) is 12.2 Å². The number of benzene rings is 1. The maximum atomic E-state index is 13.2. The largest absolute Gasteiger partial charge is 0.433 e. The summed E-state index contributed by atoms with van der Waals surface area (Å²) >= 11 is 0. The molecule has 3 aromatic rings. The zero-order valence-electron chi connectivity index (χ0n) is 15.1. The van der Waals surface area contributed by atoms with Gasteiger partial charge in [0.05, 0.1) is 41.9 Å². The molecule has 0 spiro atoms. The van der Waals surface area contributed by atoms with Gasteiger partial charge in [0.25, 0.3) is 0 Å². The fourth-order valence-electron chi connectivity index (χ4n) is 3.37. The lowest BCUT2D eigenvalue weighted by atomic mass is 10.1. The number of carbonyl (C=O) groups excluding carboxylic acids is 1. The lowest BCUT2D eigenvalue weighted by Crippen LogP contribution is -2.35. The molecule has 1 atom stereocenters. The molecule has 0 N–H and O–H groups in total. The lowest BCUT2D eigenvalue weighted by molar-refractivity contribution is -0.141. The summed E-state index contributed by atoms with van der Waals surface area (Å²) in [7, 11) is 0. The van der Waals surface area contributed by atoms with E-state index >= 15 is 0 Å². The number of pyridine rings is 2. The van der Waals surface area contributed by atoms with E-state index in [0.29, 0.717) is 17.1 Å². The van der Waals surface area contributed by atoms with Crippen molar-refractivity contribution in [3.63, 3.8) is 0 Å². The van der Waals surface area contributed by atoms with Gasteiger partial charge in [-0.05, 0) is 6.07 Å². The number of alkyl halides is 3. The highest BCUT2D eigenvalue weighted by Crippen LogP contribution is 2.35. The summed E-state index contributed by atoms with van der Waals surface area (Å²) in [4.78, 5) is 23.0. The van der Waals surface area contributed by atoms with Crippen molar-refractivity contribution in [2.75, 3.05) is 16.3 Å². The predicted octanol–water partition coefficient (Wildman–Crippen LogP) is 3.86. The van der Waals surface area contributed by atoms with E-state index in [9.17, 15) is 28.5 Å². The third kappa shape index (κ3) is 3.05.